The Balaban J connectivity index is 2.01. The molecule has 118 valence electrons. The predicted molar refractivity (Wildman–Crippen MR) is 88.9 cm³/mol. The summed E-state index contributed by atoms with van der Waals surface area (Å²) in [6, 6.07) is 8.69. The number of benzene rings is 1. The van der Waals surface area contributed by atoms with Crippen LogP contribution in [0.15, 0.2) is 24.3 Å². The second kappa shape index (κ2) is 8.40. The number of hydrogen-bond acceptors (Lipinski definition) is 3. The van der Waals surface area contributed by atoms with Crippen LogP contribution < -0.4 is 10.1 Å². The molecule has 2 atom stereocenters. The topological polar surface area (TPSA) is 24.5 Å². The van der Waals surface area contributed by atoms with E-state index < -0.39 is 0 Å². The zero-order valence-corrected chi connectivity index (χ0v) is 13.8. The summed E-state index contributed by atoms with van der Waals surface area (Å²) in [7, 11) is 3.80. The van der Waals surface area contributed by atoms with Crippen LogP contribution >= 0.6 is 0 Å². The van der Waals surface area contributed by atoms with Crippen LogP contribution in [0.2, 0.25) is 0 Å². The quantitative estimate of drug-likeness (QED) is 0.868. The van der Waals surface area contributed by atoms with Crippen molar-refractivity contribution in [2.24, 2.45) is 5.92 Å². The smallest absolute Gasteiger partial charge is 0.123 e. The zero-order valence-electron chi connectivity index (χ0n) is 13.8. The summed E-state index contributed by atoms with van der Waals surface area (Å²) >= 11 is 0. The lowest BCUT2D eigenvalue weighted by Gasteiger charge is -2.27. The van der Waals surface area contributed by atoms with Gasteiger partial charge in [0.1, 0.15) is 5.75 Å². The minimum absolute atomic E-state index is 0.333. The summed E-state index contributed by atoms with van der Waals surface area (Å²) < 4.78 is 5.52. The molecular weight excluding hydrogens is 260 g/mol. The van der Waals surface area contributed by atoms with Crippen molar-refractivity contribution in [2.45, 2.75) is 38.6 Å². The number of ether oxygens (including phenoxy) is 1. The first-order chi connectivity index (χ1) is 10.3. The molecule has 1 fully saturated rings. The second-order valence-electron chi connectivity index (χ2n) is 6.09. The highest BCUT2D eigenvalue weighted by molar-refractivity contribution is 5.36. The fourth-order valence-corrected chi connectivity index (χ4v) is 3.37. The Labute approximate surface area is 129 Å². The molecule has 1 aliphatic rings. The minimum Gasteiger partial charge on any atom is -0.496 e. The van der Waals surface area contributed by atoms with Gasteiger partial charge in [-0.05, 0) is 51.4 Å². The number of para-hydroxylation sites is 1. The van der Waals surface area contributed by atoms with E-state index in [0.717, 1.165) is 18.2 Å². The zero-order chi connectivity index (χ0) is 15.1. The Morgan fingerprint density at radius 1 is 1.29 bits per heavy atom. The van der Waals surface area contributed by atoms with Crippen LogP contribution in [-0.2, 0) is 0 Å². The summed E-state index contributed by atoms with van der Waals surface area (Å²) in [5, 5.41) is 3.46. The molecule has 1 N–H and O–H groups in total. The van der Waals surface area contributed by atoms with E-state index in [1.54, 1.807) is 7.11 Å². The van der Waals surface area contributed by atoms with E-state index in [1.807, 2.05) is 13.1 Å². The van der Waals surface area contributed by atoms with E-state index >= 15 is 0 Å². The molecule has 1 aromatic carbocycles. The first-order valence-corrected chi connectivity index (χ1v) is 8.31. The number of hydrogen-bond donors (Lipinski definition) is 1. The molecule has 1 aromatic rings. The van der Waals surface area contributed by atoms with Crippen molar-refractivity contribution in [1.29, 1.82) is 0 Å². The molecule has 0 amide bonds. The molecular formula is C18H30N2O. The molecule has 3 heteroatoms. The van der Waals surface area contributed by atoms with Gasteiger partial charge in [0, 0.05) is 18.2 Å². The Hall–Kier alpha value is -1.06. The summed E-state index contributed by atoms with van der Waals surface area (Å²) in [6.07, 6.45) is 5.40. The van der Waals surface area contributed by atoms with Crippen molar-refractivity contribution in [1.82, 2.24) is 10.2 Å². The lowest BCUT2D eigenvalue weighted by molar-refractivity contribution is 0.249. The van der Waals surface area contributed by atoms with E-state index in [-0.39, 0.29) is 0 Å². The normalized spacial score (nSPS) is 21.8. The first-order valence-electron chi connectivity index (χ1n) is 8.31. The Bertz CT molecular complexity index is 421. The highest BCUT2D eigenvalue weighted by Crippen LogP contribution is 2.27. The van der Waals surface area contributed by atoms with E-state index in [4.69, 9.17) is 4.74 Å². The van der Waals surface area contributed by atoms with Gasteiger partial charge in [0.2, 0.25) is 0 Å². The van der Waals surface area contributed by atoms with Crippen LogP contribution in [0.1, 0.15) is 44.2 Å². The van der Waals surface area contributed by atoms with Gasteiger partial charge in [0.15, 0.2) is 0 Å². The van der Waals surface area contributed by atoms with Gasteiger partial charge in [-0.25, -0.2) is 0 Å². The number of likely N-dealkylation sites (N-methyl/N-ethyl adjacent to an activating group) is 1. The highest BCUT2D eigenvalue weighted by atomic mass is 16.5. The van der Waals surface area contributed by atoms with Crippen molar-refractivity contribution >= 4 is 0 Å². The van der Waals surface area contributed by atoms with Crippen molar-refractivity contribution in [2.75, 3.05) is 33.8 Å². The van der Waals surface area contributed by atoms with Crippen molar-refractivity contribution in [3.63, 3.8) is 0 Å². The van der Waals surface area contributed by atoms with Crippen LogP contribution in [0.5, 0.6) is 5.75 Å². The van der Waals surface area contributed by atoms with Gasteiger partial charge in [-0.2, -0.15) is 0 Å². The van der Waals surface area contributed by atoms with Gasteiger partial charge in [-0.1, -0.05) is 31.5 Å². The highest BCUT2D eigenvalue weighted by Gasteiger charge is 2.20. The third kappa shape index (κ3) is 4.45. The first kappa shape index (κ1) is 16.3. The lowest BCUT2D eigenvalue weighted by atomic mass is 9.98. The summed E-state index contributed by atoms with van der Waals surface area (Å²) in [6.45, 7) is 5.84. The largest absolute Gasteiger partial charge is 0.496 e. The monoisotopic (exact) mass is 290 g/mol. The van der Waals surface area contributed by atoms with Gasteiger partial charge >= 0.3 is 0 Å². The van der Waals surface area contributed by atoms with Gasteiger partial charge in [0.25, 0.3) is 0 Å². The van der Waals surface area contributed by atoms with E-state index in [0.29, 0.717) is 6.04 Å². The molecule has 3 nitrogen and oxygen atoms in total. The van der Waals surface area contributed by atoms with Crippen LogP contribution in [0.3, 0.4) is 0 Å². The van der Waals surface area contributed by atoms with Gasteiger partial charge in [0.05, 0.1) is 7.11 Å². The molecule has 1 aliphatic heterocycles. The van der Waals surface area contributed by atoms with E-state index in [1.165, 1.54) is 44.3 Å². The van der Waals surface area contributed by atoms with Crippen LogP contribution in [0, 0.1) is 5.92 Å². The number of methoxy groups -OCH3 is 1. The Kier molecular flexibility index (Phi) is 6.52. The van der Waals surface area contributed by atoms with Crippen molar-refractivity contribution < 1.29 is 4.74 Å². The Morgan fingerprint density at radius 3 is 2.81 bits per heavy atom. The lowest BCUT2D eigenvalue weighted by Crippen LogP contribution is -2.34. The number of likely N-dealkylation sites (tertiary alicyclic amines) is 1. The third-order valence-electron chi connectivity index (χ3n) is 4.82. The summed E-state index contributed by atoms with van der Waals surface area (Å²) in [4.78, 5) is 2.61. The summed E-state index contributed by atoms with van der Waals surface area (Å²) in [5.41, 5.74) is 1.26. The molecule has 0 bridgehead atoms. The predicted octanol–water partition coefficient (Wildman–Crippen LogP) is 3.47. The van der Waals surface area contributed by atoms with Crippen LogP contribution in [0.4, 0.5) is 0 Å². The Morgan fingerprint density at radius 2 is 2.10 bits per heavy atom. The van der Waals surface area contributed by atoms with E-state index in [9.17, 15) is 0 Å². The van der Waals surface area contributed by atoms with Crippen LogP contribution in [-0.4, -0.2) is 38.7 Å². The molecule has 0 aliphatic carbocycles. The minimum atomic E-state index is 0.333. The maximum Gasteiger partial charge on any atom is 0.123 e. The van der Waals surface area contributed by atoms with Gasteiger partial charge < -0.3 is 15.0 Å². The fourth-order valence-electron chi connectivity index (χ4n) is 3.37. The van der Waals surface area contributed by atoms with E-state index in [2.05, 4.69) is 35.3 Å². The molecule has 1 heterocycles. The third-order valence-corrected chi connectivity index (χ3v) is 4.82. The average Bonchev–Trinajstić information content (AvgIpc) is 2.77. The standard InChI is InChI=1S/C18H30N2O/c1-4-15-8-7-12-20(13-11-15)14-17(19-2)16-9-5-6-10-18(16)21-3/h5-6,9-10,15,17,19H,4,7-8,11-14H2,1-3H3. The molecule has 0 saturated carbocycles. The number of nitrogens with zero attached hydrogens (tertiary/aromatic N) is 1. The molecule has 1 saturated heterocycles. The molecule has 2 rings (SSSR count). The molecule has 0 spiro atoms. The molecule has 2 unspecified atom stereocenters. The average molecular weight is 290 g/mol. The molecule has 0 radical (unpaired) electrons. The van der Waals surface area contributed by atoms with Gasteiger partial charge in [-0.15, -0.1) is 0 Å². The maximum atomic E-state index is 5.52. The van der Waals surface area contributed by atoms with Crippen molar-refractivity contribution in [3.8, 4) is 5.75 Å². The molecule has 0 aromatic heterocycles. The molecule has 21 heavy (non-hydrogen) atoms. The van der Waals surface area contributed by atoms with Crippen LogP contribution in [0.25, 0.3) is 0 Å². The fraction of sp³-hybridized carbons (Fsp3) is 0.667. The second-order valence-corrected chi connectivity index (χ2v) is 6.09. The maximum absolute atomic E-state index is 5.52. The summed E-state index contributed by atoms with van der Waals surface area (Å²) in [5.74, 6) is 1.91. The van der Waals surface area contributed by atoms with Gasteiger partial charge in [-0.3, -0.25) is 0 Å². The van der Waals surface area contributed by atoms with Crippen molar-refractivity contribution in [3.05, 3.63) is 29.8 Å². The SMILES string of the molecule is CCC1CCCN(CC(NC)c2ccccc2OC)CC1. The number of nitrogens with one attached hydrogen (secondary N) is 1. The number of rotatable bonds is 6.